The number of halogens is 2. The molecule has 0 aliphatic carbocycles. The highest BCUT2D eigenvalue weighted by Gasteiger charge is 2.34. The number of hydrogen-bond donors (Lipinski definition) is 1. The Kier molecular flexibility index (Phi) is 10.6. The van der Waals surface area contributed by atoms with E-state index in [4.69, 9.17) is 0 Å². The van der Waals surface area contributed by atoms with Crippen molar-refractivity contribution in [3.63, 3.8) is 0 Å². The first-order valence-corrected chi connectivity index (χ1v) is 15.3. The van der Waals surface area contributed by atoms with Gasteiger partial charge in [0.2, 0.25) is 11.8 Å². The monoisotopic (exact) mass is 605 g/mol. The van der Waals surface area contributed by atoms with Crippen molar-refractivity contribution in [2.24, 2.45) is 0 Å². The van der Waals surface area contributed by atoms with Crippen molar-refractivity contribution in [1.29, 1.82) is 0 Å². The second kappa shape index (κ2) is 14.6. The topological polar surface area (TPSA) is 86.8 Å². The van der Waals surface area contributed by atoms with E-state index in [0.29, 0.717) is 13.0 Å². The van der Waals surface area contributed by atoms with Crippen LogP contribution in [0.3, 0.4) is 0 Å². The summed E-state index contributed by atoms with van der Waals surface area (Å²) in [6, 6.07) is 26.2. The van der Waals surface area contributed by atoms with E-state index in [1.165, 1.54) is 47.4 Å². The summed E-state index contributed by atoms with van der Waals surface area (Å²) in [4.78, 5) is 28.9. The summed E-state index contributed by atoms with van der Waals surface area (Å²) >= 11 is 0. The molecule has 2 amide bonds. The predicted octanol–water partition coefficient (Wildman–Crippen LogP) is 5.33. The van der Waals surface area contributed by atoms with Gasteiger partial charge in [-0.1, -0.05) is 73.7 Å². The van der Waals surface area contributed by atoms with Gasteiger partial charge in [-0.05, 0) is 54.4 Å². The first-order chi connectivity index (χ1) is 20.7. The molecule has 4 aromatic rings. The number of sulfonamides is 1. The molecule has 0 aliphatic rings. The molecular formula is C33H33F2N3O4S. The van der Waals surface area contributed by atoms with Gasteiger partial charge in [-0.3, -0.25) is 13.9 Å². The highest BCUT2D eigenvalue weighted by molar-refractivity contribution is 7.92. The summed E-state index contributed by atoms with van der Waals surface area (Å²) in [5, 5.41) is 2.84. The zero-order valence-electron chi connectivity index (χ0n) is 23.7. The number of anilines is 1. The normalized spacial score (nSPS) is 11.9. The maximum atomic E-state index is 14.9. The SMILES string of the molecule is CCCNC(=O)[C@@H](Cc1ccccc1)N(Cc1ccccc1F)C(=O)CN(c1ccc(F)cc1)S(=O)(=O)c1ccccc1. The van der Waals surface area contributed by atoms with Crippen LogP contribution in [0.4, 0.5) is 14.5 Å². The second-order valence-corrected chi connectivity index (χ2v) is 11.8. The lowest BCUT2D eigenvalue weighted by atomic mass is 10.0. The Morgan fingerprint density at radius 3 is 2.05 bits per heavy atom. The number of nitrogens with one attached hydrogen (secondary N) is 1. The second-order valence-electron chi connectivity index (χ2n) is 9.91. The van der Waals surface area contributed by atoms with Crippen LogP contribution in [0.2, 0.25) is 0 Å². The van der Waals surface area contributed by atoms with Gasteiger partial charge in [0.1, 0.15) is 24.2 Å². The van der Waals surface area contributed by atoms with E-state index in [1.807, 2.05) is 37.3 Å². The van der Waals surface area contributed by atoms with E-state index in [2.05, 4.69) is 5.32 Å². The van der Waals surface area contributed by atoms with Crippen LogP contribution in [-0.2, 0) is 32.6 Å². The van der Waals surface area contributed by atoms with Crippen LogP contribution in [0.1, 0.15) is 24.5 Å². The number of hydrogen-bond acceptors (Lipinski definition) is 4. The largest absolute Gasteiger partial charge is 0.354 e. The highest BCUT2D eigenvalue weighted by atomic mass is 32.2. The summed E-state index contributed by atoms with van der Waals surface area (Å²) in [5.74, 6) is -2.34. The van der Waals surface area contributed by atoms with E-state index in [9.17, 15) is 26.8 Å². The van der Waals surface area contributed by atoms with Gasteiger partial charge in [-0.25, -0.2) is 17.2 Å². The third-order valence-corrected chi connectivity index (χ3v) is 8.63. The Morgan fingerprint density at radius 2 is 1.42 bits per heavy atom. The molecule has 4 aromatic carbocycles. The van der Waals surface area contributed by atoms with Crippen molar-refractivity contribution >= 4 is 27.5 Å². The molecule has 1 atom stereocenters. The summed E-state index contributed by atoms with van der Waals surface area (Å²) < 4.78 is 57.3. The van der Waals surface area contributed by atoms with Gasteiger partial charge < -0.3 is 10.2 Å². The van der Waals surface area contributed by atoms with Gasteiger partial charge in [0.05, 0.1) is 10.6 Å². The highest BCUT2D eigenvalue weighted by Crippen LogP contribution is 2.25. The number of rotatable bonds is 13. The molecule has 0 unspecified atom stereocenters. The first-order valence-electron chi connectivity index (χ1n) is 13.9. The molecule has 0 fully saturated rings. The number of carbonyl (C=O) groups excluding carboxylic acids is 2. The van der Waals surface area contributed by atoms with Gasteiger partial charge >= 0.3 is 0 Å². The van der Waals surface area contributed by atoms with E-state index in [-0.39, 0.29) is 29.1 Å². The van der Waals surface area contributed by atoms with Crippen molar-refractivity contribution in [3.8, 4) is 0 Å². The minimum Gasteiger partial charge on any atom is -0.354 e. The summed E-state index contributed by atoms with van der Waals surface area (Å²) in [6.07, 6.45) is 0.761. The van der Waals surface area contributed by atoms with E-state index in [0.717, 1.165) is 22.0 Å². The predicted molar refractivity (Wildman–Crippen MR) is 162 cm³/mol. The van der Waals surface area contributed by atoms with Crippen molar-refractivity contribution in [2.45, 2.75) is 37.2 Å². The number of carbonyl (C=O) groups is 2. The van der Waals surface area contributed by atoms with Crippen LogP contribution in [0.25, 0.3) is 0 Å². The van der Waals surface area contributed by atoms with Crippen LogP contribution in [-0.4, -0.2) is 44.3 Å². The van der Waals surface area contributed by atoms with Crippen molar-refractivity contribution < 1.29 is 26.8 Å². The van der Waals surface area contributed by atoms with Crippen LogP contribution in [0.5, 0.6) is 0 Å². The van der Waals surface area contributed by atoms with Gasteiger partial charge in [-0.15, -0.1) is 0 Å². The fourth-order valence-corrected chi connectivity index (χ4v) is 6.02. The van der Waals surface area contributed by atoms with Crippen molar-refractivity contribution in [2.75, 3.05) is 17.4 Å². The molecule has 0 radical (unpaired) electrons. The lowest BCUT2D eigenvalue weighted by molar-refractivity contribution is -0.140. The molecule has 0 bridgehead atoms. The first kappa shape index (κ1) is 31.4. The number of nitrogens with zero attached hydrogens (tertiary/aromatic N) is 2. The molecule has 0 aliphatic heterocycles. The third-order valence-electron chi connectivity index (χ3n) is 6.84. The molecule has 0 saturated heterocycles. The number of amides is 2. The maximum absolute atomic E-state index is 14.9. The number of benzene rings is 4. The van der Waals surface area contributed by atoms with Gasteiger partial charge in [-0.2, -0.15) is 0 Å². The molecule has 1 N–H and O–H groups in total. The molecule has 0 spiro atoms. The molecule has 224 valence electrons. The molecule has 0 heterocycles. The van der Waals surface area contributed by atoms with Crippen LogP contribution >= 0.6 is 0 Å². The van der Waals surface area contributed by atoms with E-state index < -0.39 is 46.1 Å². The molecule has 43 heavy (non-hydrogen) atoms. The summed E-state index contributed by atoms with van der Waals surface area (Å²) in [6.45, 7) is 1.24. The molecule has 4 rings (SSSR count). The average Bonchev–Trinajstić information content (AvgIpc) is 3.02. The minimum atomic E-state index is -4.31. The maximum Gasteiger partial charge on any atom is 0.264 e. The summed E-state index contributed by atoms with van der Waals surface area (Å²) in [7, 11) is -4.31. The Labute approximate surface area is 250 Å². The zero-order valence-corrected chi connectivity index (χ0v) is 24.5. The molecular weight excluding hydrogens is 572 g/mol. The standard InChI is InChI=1S/C33H33F2N3O4S/c1-2-21-36-33(40)31(22-25-11-5-3-6-12-25)37(23-26-13-9-10-16-30(26)35)32(39)24-38(28-19-17-27(34)18-20-28)43(41,42)29-14-7-4-8-15-29/h3-20,31H,2,21-24H2,1H3,(H,36,40)/t31-/m1/s1. The summed E-state index contributed by atoms with van der Waals surface area (Å²) in [5.41, 5.74) is 0.980. The molecule has 0 saturated carbocycles. The van der Waals surface area contributed by atoms with Crippen molar-refractivity contribution in [3.05, 3.63) is 132 Å². The van der Waals surface area contributed by atoms with Gasteiger partial charge in [0.25, 0.3) is 10.0 Å². The van der Waals surface area contributed by atoms with Crippen LogP contribution in [0, 0.1) is 11.6 Å². The lowest BCUT2D eigenvalue weighted by Crippen LogP contribution is -2.53. The van der Waals surface area contributed by atoms with E-state index in [1.54, 1.807) is 24.3 Å². The minimum absolute atomic E-state index is 0.0551. The molecule has 10 heteroatoms. The Bertz CT molecular complexity index is 1620. The quantitative estimate of drug-likeness (QED) is 0.223. The smallest absolute Gasteiger partial charge is 0.264 e. The Balaban J connectivity index is 1.79. The van der Waals surface area contributed by atoms with Crippen LogP contribution < -0.4 is 9.62 Å². The van der Waals surface area contributed by atoms with Crippen LogP contribution in [0.15, 0.2) is 114 Å². The molecule has 0 aromatic heterocycles. The fourth-order valence-electron chi connectivity index (χ4n) is 4.59. The average molecular weight is 606 g/mol. The Morgan fingerprint density at radius 1 is 0.814 bits per heavy atom. The Hall–Kier alpha value is -4.57. The van der Waals surface area contributed by atoms with Gasteiger partial charge in [0.15, 0.2) is 0 Å². The van der Waals surface area contributed by atoms with E-state index >= 15 is 0 Å². The third kappa shape index (κ3) is 8.04. The van der Waals surface area contributed by atoms with Crippen molar-refractivity contribution in [1.82, 2.24) is 10.2 Å². The van der Waals surface area contributed by atoms with Gasteiger partial charge in [0, 0.05) is 25.1 Å². The fraction of sp³-hybridized carbons (Fsp3) is 0.212. The zero-order chi connectivity index (χ0) is 30.8. The molecule has 7 nitrogen and oxygen atoms in total. The lowest BCUT2D eigenvalue weighted by Gasteiger charge is -2.34.